The Labute approximate surface area is 121 Å². The Bertz CT molecular complexity index is 653. The van der Waals surface area contributed by atoms with Gasteiger partial charge in [-0.3, -0.25) is 4.79 Å². The fourth-order valence-corrected chi connectivity index (χ4v) is 1.50. The number of ether oxygens (including phenoxy) is 1. The summed E-state index contributed by atoms with van der Waals surface area (Å²) in [7, 11) is 0. The van der Waals surface area contributed by atoms with E-state index < -0.39 is 24.1 Å². The lowest BCUT2D eigenvalue weighted by Gasteiger charge is -2.08. The number of carbonyl (C=O) groups excluding carboxylic acids is 1. The molecule has 0 radical (unpaired) electrons. The number of rotatable bonds is 4. The molecule has 0 aliphatic carbocycles. The van der Waals surface area contributed by atoms with E-state index in [1.54, 1.807) is 0 Å². The van der Waals surface area contributed by atoms with Crippen molar-refractivity contribution in [1.29, 1.82) is 0 Å². The fourth-order valence-electron chi connectivity index (χ4n) is 1.40. The molecule has 1 amide bonds. The molecule has 5 nitrogen and oxygen atoms in total. The quantitative estimate of drug-likeness (QED) is 0.941. The van der Waals surface area contributed by atoms with Gasteiger partial charge in [0.1, 0.15) is 0 Å². The zero-order valence-corrected chi connectivity index (χ0v) is 10.9. The van der Waals surface area contributed by atoms with Gasteiger partial charge in [-0.25, -0.2) is 4.39 Å². The van der Waals surface area contributed by atoms with Crippen molar-refractivity contribution < 1.29 is 22.7 Å². The summed E-state index contributed by atoms with van der Waals surface area (Å²) < 4.78 is 41.4. The van der Waals surface area contributed by atoms with Crippen LogP contribution in [0.2, 0.25) is 5.15 Å². The molecule has 1 heterocycles. The molecule has 0 unspecified atom stereocenters. The van der Waals surface area contributed by atoms with Crippen LogP contribution in [0.5, 0.6) is 5.75 Å². The van der Waals surface area contributed by atoms with Gasteiger partial charge in [-0.05, 0) is 24.3 Å². The maximum absolute atomic E-state index is 13.5. The van der Waals surface area contributed by atoms with Crippen LogP contribution in [0.4, 0.5) is 18.9 Å². The van der Waals surface area contributed by atoms with Crippen LogP contribution in [0, 0.1) is 5.82 Å². The number of nitrogens with zero attached hydrogens (tertiary/aromatic N) is 2. The summed E-state index contributed by atoms with van der Waals surface area (Å²) in [6.07, 6.45) is 0. The number of hydrogen-bond acceptors (Lipinski definition) is 4. The third kappa shape index (κ3) is 4.06. The summed E-state index contributed by atoms with van der Waals surface area (Å²) in [6.45, 7) is -3.13. The zero-order valence-electron chi connectivity index (χ0n) is 10.2. The van der Waals surface area contributed by atoms with Gasteiger partial charge >= 0.3 is 6.61 Å². The van der Waals surface area contributed by atoms with Crippen molar-refractivity contribution in [2.75, 3.05) is 5.32 Å². The van der Waals surface area contributed by atoms with Gasteiger partial charge < -0.3 is 10.1 Å². The number of anilines is 1. The van der Waals surface area contributed by atoms with Crippen molar-refractivity contribution >= 4 is 23.2 Å². The monoisotopic (exact) mass is 317 g/mol. The molecule has 0 saturated heterocycles. The van der Waals surface area contributed by atoms with Crippen LogP contribution in [0.15, 0.2) is 30.3 Å². The third-order valence-corrected chi connectivity index (χ3v) is 2.47. The molecule has 0 bridgehead atoms. The maximum atomic E-state index is 13.5. The van der Waals surface area contributed by atoms with Gasteiger partial charge in [0, 0.05) is 11.8 Å². The summed E-state index contributed by atoms with van der Waals surface area (Å²) in [5.41, 5.74) is 0.0172. The smallest absolute Gasteiger partial charge is 0.387 e. The second-order valence-electron chi connectivity index (χ2n) is 3.72. The summed E-state index contributed by atoms with van der Waals surface area (Å²) in [4.78, 5) is 11.8. The molecule has 0 saturated carbocycles. The molecular weight excluding hydrogens is 311 g/mol. The average molecular weight is 318 g/mol. The Kier molecular flexibility index (Phi) is 4.59. The van der Waals surface area contributed by atoms with Crippen LogP contribution in [0.3, 0.4) is 0 Å². The van der Waals surface area contributed by atoms with E-state index in [0.29, 0.717) is 0 Å². The van der Waals surface area contributed by atoms with E-state index in [0.717, 1.165) is 12.1 Å². The molecule has 9 heteroatoms. The lowest BCUT2D eigenvalue weighted by atomic mass is 10.2. The van der Waals surface area contributed by atoms with Gasteiger partial charge in [-0.1, -0.05) is 11.6 Å². The number of hydrogen-bond donors (Lipinski definition) is 1. The number of halogens is 4. The molecule has 1 aromatic heterocycles. The van der Waals surface area contributed by atoms with Crippen LogP contribution in [-0.2, 0) is 0 Å². The van der Waals surface area contributed by atoms with Crippen LogP contribution in [0.25, 0.3) is 0 Å². The molecule has 1 aromatic carbocycles. The van der Waals surface area contributed by atoms with Crippen molar-refractivity contribution in [3.05, 3.63) is 47.0 Å². The van der Waals surface area contributed by atoms with Gasteiger partial charge in [0.25, 0.3) is 5.91 Å². The van der Waals surface area contributed by atoms with Gasteiger partial charge in [0.2, 0.25) is 0 Å². The Morgan fingerprint density at radius 3 is 2.57 bits per heavy atom. The Morgan fingerprint density at radius 2 is 2.00 bits per heavy atom. The molecule has 0 fully saturated rings. The standard InChI is InChI=1S/C12H7ClF3N3O2/c13-10-4-2-8(18-19-10)11(20)17-6-1-3-9(7(14)5-6)21-12(15)16/h1-5,12H,(H,17,20). The molecular formula is C12H7ClF3N3O2. The fraction of sp³-hybridized carbons (Fsp3) is 0.0833. The highest BCUT2D eigenvalue weighted by Gasteiger charge is 2.13. The summed E-state index contributed by atoms with van der Waals surface area (Å²) in [5.74, 6) is -2.30. The van der Waals surface area contributed by atoms with Crippen molar-refractivity contribution in [3.8, 4) is 5.75 Å². The number of benzene rings is 1. The minimum atomic E-state index is -3.13. The normalized spacial score (nSPS) is 10.5. The predicted octanol–water partition coefficient (Wildman–Crippen LogP) is 3.12. The Hall–Kier alpha value is -2.35. The Morgan fingerprint density at radius 1 is 1.24 bits per heavy atom. The number of nitrogens with one attached hydrogen (secondary N) is 1. The van der Waals surface area contributed by atoms with E-state index in [9.17, 15) is 18.0 Å². The van der Waals surface area contributed by atoms with Gasteiger partial charge in [-0.2, -0.15) is 8.78 Å². The van der Waals surface area contributed by atoms with Crippen molar-refractivity contribution in [3.63, 3.8) is 0 Å². The number of aromatic nitrogens is 2. The van der Waals surface area contributed by atoms with Gasteiger partial charge in [-0.15, -0.1) is 10.2 Å². The number of alkyl halides is 2. The SMILES string of the molecule is O=C(Nc1ccc(OC(F)F)c(F)c1)c1ccc(Cl)nn1. The third-order valence-electron chi connectivity index (χ3n) is 2.27. The molecule has 2 rings (SSSR count). The number of amides is 1. The summed E-state index contributed by atoms with van der Waals surface area (Å²) in [5, 5.41) is 9.47. The van der Waals surface area contributed by atoms with Crippen molar-refractivity contribution in [1.82, 2.24) is 10.2 Å². The minimum absolute atomic E-state index is 0.0345. The second kappa shape index (κ2) is 6.40. The van der Waals surface area contributed by atoms with Crippen molar-refractivity contribution in [2.45, 2.75) is 6.61 Å². The molecule has 0 atom stereocenters. The second-order valence-corrected chi connectivity index (χ2v) is 4.11. The molecule has 0 aliphatic heterocycles. The van der Waals surface area contributed by atoms with E-state index in [2.05, 4.69) is 20.3 Å². The lowest BCUT2D eigenvalue weighted by molar-refractivity contribution is -0.0521. The molecule has 2 aromatic rings. The summed E-state index contributed by atoms with van der Waals surface area (Å²) >= 11 is 5.53. The van der Waals surface area contributed by atoms with Gasteiger partial charge in [0.05, 0.1) is 0 Å². The number of carbonyl (C=O) groups is 1. The van der Waals surface area contributed by atoms with Crippen LogP contribution < -0.4 is 10.1 Å². The topological polar surface area (TPSA) is 64.1 Å². The van der Waals surface area contributed by atoms with Crippen molar-refractivity contribution in [2.24, 2.45) is 0 Å². The van der Waals surface area contributed by atoms with Crippen LogP contribution >= 0.6 is 11.6 Å². The minimum Gasteiger partial charge on any atom is -0.432 e. The molecule has 0 spiro atoms. The van der Waals surface area contributed by atoms with Crippen LogP contribution in [-0.4, -0.2) is 22.7 Å². The average Bonchev–Trinajstić information content (AvgIpc) is 2.42. The van der Waals surface area contributed by atoms with Gasteiger partial charge in [0.15, 0.2) is 22.4 Å². The first-order valence-corrected chi connectivity index (χ1v) is 5.88. The van der Waals surface area contributed by atoms with E-state index in [-0.39, 0.29) is 16.5 Å². The Balaban J connectivity index is 2.11. The van der Waals surface area contributed by atoms with Crippen LogP contribution in [0.1, 0.15) is 10.5 Å². The first-order valence-electron chi connectivity index (χ1n) is 5.50. The highest BCUT2D eigenvalue weighted by Crippen LogP contribution is 2.23. The molecule has 110 valence electrons. The lowest BCUT2D eigenvalue weighted by Crippen LogP contribution is -2.14. The highest BCUT2D eigenvalue weighted by molar-refractivity contribution is 6.29. The predicted molar refractivity (Wildman–Crippen MR) is 68.0 cm³/mol. The maximum Gasteiger partial charge on any atom is 0.387 e. The molecule has 0 aliphatic rings. The first kappa shape index (κ1) is 15.0. The van der Waals surface area contributed by atoms with E-state index in [4.69, 9.17) is 11.6 Å². The molecule has 21 heavy (non-hydrogen) atoms. The van der Waals surface area contributed by atoms with E-state index in [1.807, 2.05) is 0 Å². The van der Waals surface area contributed by atoms with E-state index >= 15 is 0 Å². The zero-order chi connectivity index (χ0) is 15.4. The highest BCUT2D eigenvalue weighted by atomic mass is 35.5. The van der Waals surface area contributed by atoms with E-state index in [1.165, 1.54) is 18.2 Å². The largest absolute Gasteiger partial charge is 0.432 e. The molecule has 1 N–H and O–H groups in total. The first-order chi connectivity index (χ1) is 9.95. The summed E-state index contributed by atoms with van der Waals surface area (Å²) in [6, 6.07) is 5.73.